The van der Waals surface area contributed by atoms with Gasteiger partial charge in [0.2, 0.25) is 5.91 Å². The van der Waals surface area contributed by atoms with Crippen LogP contribution in [0.2, 0.25) is 0 Å². The number of nitrogens with one attached hydrogen (secondary N) is 1. The zero-order valence-electron chi connectivity index (χ0n) is 13.2. The van der Waals surface area contributed by atoms with E-state index in [0.29, 0.717) is 19.7 Å². The topological polar surface area (TPSA) is 67.6 Å². The van der Waals surface area contributed by atoms with Crippen molar-refractivity contribution in [2.24, 2.45) is 5.73 Å². The number of nitrogens with zero attached hydrogens (tertiary/aromatic N) is 1. The van der Waals surface area contributed by atoms with Crippen LogP contribution in [0.3, 0.4) is 0 Å². The molecular formula is C14H31N3O2. The first-order chi connectivity index (χ1) is 8.99. The van der Waals surface area contributed by atoms with Crippen molar-refractivity contribution in [3.8, 4) is 0 Å². The van der Waals surface area contributed by atoms with Crippen molar-refractivity contribution in [2.45, 2.75) is 52.1 Å². The van der Waals surface area contributed by atoms with Gasteiger partial charge in [-0.05, 0) is 26.3 Å². The standard InChI is InChI=1S/C14H31N3O2/c1-6-14(7-2,11-15)17(8-3)9-13(18)16-12(4)10-19-5/h12H,6-11,15H2,1-5H3,(H,16,18). The number of likely N-dealkylation sites (N-methyl/N-ethyl adjacent to an activating group) is 1. The van der Waals surface area contributed by atoms with Crippen LogP contribution >= 0.6 is 0 Å². The second-order valence-corrected chi connectivity index (χ2v) is 5.07. The molecule has 0 saturated carbocycles. The molecule has 0 aromatic heterocycles. The fourth-order valence-corrected chi connectivity index (χ4v) is 2.52. The van der Waals surface area contributed by atoms with Gasteiger partial charge in [0.05, 0.1) is 13.2 Å². The number of nitrogens with two attached hydrogens (primary N) is 1. The van der Waals surface area contributed by atoms with Gasteiger partial charge in [0.15, 0.2) is 0 Å². The highest BCUT2D eigenvalue weighted by Gasteiger charge is 2.32. The van der Waals surface area contributed by atoms with Crippen LogP contribution < -0.4 is 11.1 Å². The minimum Gasteiger partial charge on any atom is -0.383 e. The summed E-state index contributed by atoms with van der Waals surface area (Å²) in [6.45, 7) is 10.6. The van der Waals surface area contributed by atoms with Gasteiger partial charge >= 0.3 is 0 Å². The molecular weight excluding hydrogens is 242 g/mol. The third-order valence-electron chi connectivity index (χ3n) is 3.91. The molecule has 0 aromatic carbocycles. The summed E-state index contributed by atoms with van der Waals surface area (Å²) in [5, 5.41) is 2.94. The Morgan fingerprint density at radius 1 is 1.37 bits per heavy atom. The third kappa shape index (κ3) is 5.47. The number of amides is 1. The van der Waals surface area contributed by atoms with Gasteiger partial charge in [0.1, 0.15) is 0 Å². The predicted octanol–water partition coefficient (Wildman–Crippen LogP) is 0.977. The van der Waals surface area contributed by atoms with Gasteiger partial charge in [-0.15, -0.1) is 0 Å². The van der Waals surface area contributed by atoms with E-state index < -0.39 is 0 Å². The van der Waals surface area contributed by atoms with Gasteiger partial charge in [0.25, 0.3) is 0 Å². The molecule has 0 aliphatic heterocycles. The lowest BCUT2D eigenvalue weighted by atomic mass is 9.90. The summed E-state index contributed by atoms with van der Waals surface area (Å²) in [7, 11) is 1.63. The van der Waals surface area contributed by atoms with Crippen LogP contribution in [0.1, 0.15) is 40.5 Å². The molecule has 5 heteroatoms. The van der Waals surface area contributed by atoms with Crippen LogP contribution in [-0.2, 0) is 9.53 Å². The van der Waals surface area contributed by atoms with E-state index in [-0.39, 0.29) is 17.5 Å². The van der Waals surface area contributed by atoms with Crippen LogP contribution in [0.25, 0.3) is 0 Å². The fourth-order valence-electron chi connectivity index (χ4n) is 2.52. The van der Waals surface area contributed by atoms with Gasteiger partial charge in [-0.1, -0.05) is 20.8 Å². The third-order valence-corrected chi connectivity index (χ3v) is 3.91. The molecule has 1 amide bonds. The SMILES string of the molecule is CCN(CC(=O)NC(C)COC)C(CC)(CC)CN. The van der Waals surface area contributed by atoms with Gasteiger partial charge in [-0.2, -0.15) is 0 Å². The van der Waals surface area contributed by atoms with Crippen LogP contribution in [0, 0.1) is 0 Å². The minimum atomic E-state index is -0.0728. The van der Waals surface area contributed by atoms with E-state index in [2.05, 4.69) is 31.0 Å². The molecule has 5 nitrogen and oxygen atoms in total. The molecule has 19 heavy (non-hydrogen) atoms. The number of carbonyl (C=O) groups is 1. The Morgan fingerprint density at radius 2 is 1.95 bits per heavy atom. The molecule has 0 saturated heterocycles. The van der Waals surface area contributed by atoms with Crippen LogP contribution in [0.4, 0.5) is 0 Å². The summed E-state index contributed by atoms with van der Waals surface area (Å²) < 4.78 is 5.02. The van der Waals surface area contributed by atoms with E-state index in [4.69, 9.17) is 10.5 Å². The zero-order valence-corrected chi connectivity index (χ0v) is 13.2. The number of methoxy groups -OCH3 is 1. The van der Waals surface area contributed by atoms with Gasteiger partial charge in [0, 0.05) is 25.2 Å². The largest absolute Gasteiger partial charge is 0.383 e. The maximum absolute atomic E-state index is 12.0. The Kier molecular flexibility index (Phi) is 8.97. The molecule has 3 N–H and O–H groups in total. The molecule has 0 radical (unpaired) electrons. The van der Waals surface area contributed by atoms with Crippen molar-refractivity contribution in [1.29, 1.82) is 0 Å². The van der Waals surface area contributed by atoms with Crippen LogP contribution in [0.15, 0.2) is 0 Å². The Hall–Kier alpha value is -0.650. The molecule has 114 valence electrons. The molecule has 0 heterocycles. The quantitative estimate of drug-likeness (QED) is 0.622. The molecule has 0 fully saturated rings. The molecule has 0 aromatic rings. The van der Waals surface area contributed by atoms with Crippen molar-refractivity contribution in [3.63, 3.8) is 0 Å². The zero-order chi connectivity index (χ0) is 14.9. The highest BCUT2D eigenvalue weighted by atomic mass is 16.5. The highest BCUT2D eigenvalue weighted by molar-refractivity contribution is 5.78. The summed E-state index contributed by atoms with van der Waals surface area (Å²) in [6.07, 6.45) is 1.91. The molecule has 1 atom stereocenters. The maximum Gasteiger partial charge on any atom is 0.234 e. The Labute approximate surface area is 117 Å². The normalized spacial score (nSPS) is 13.6. The molecule has 0 aliphatic carbocycles. The number of rotatable bonds is 10. The smallest absolute Gasteiger partial charge is 0.234 e. The first-order valence-corrected chi connectivity index (χ1v) is 7.23. The average molecular weight is 273 g/mol. The lowest BCUT2D eigenvalue weighted by Gasteiger charge is -2.41. The van der Waals surface area contributed by atoms with E-state index in [1.165, 1.54) is 0 Å². The van der Waals surface area contributed by atoms with Gasteiger partial charge < -0.3 is 15.8 Å². The monoisotopic (exact) mass is 273 g/mol. The molecule has 1 unspecified atom stereocenters. The van der Waals surface area contributed by atoms with Crippen LogP contribution in [-0.4, -0.2) is 55.7 Å². The molecule has 0 bridgehead atoms. The Morgan fingerprint density at radius 3 is 2.32 bits per heavy atom. The van der Waals surface area contributed by atoms with Crippen molar-refractivity contribution in [2.75, 3.05) is 33.4 Å². The molecule has 0 rings (SSSR count). The van der Waals surface area contributed by atoms with E-state index in [1.54, 1.807) is 7.11 Å². The van der Waals surface area contributed by atoms with Gasteiger partial charge in [-0.3, -0.25) is 9.69 Å². The molecule has 0 aliphatic rings. The average Bonchev–Trinajstić information content (AvgIpc) is 2.40. The summed E-state index contributed by atoms with van der Waals surface area (Å²) in [5.41, 5.74) is 5.86. The first kappa shape index (κ1) is 18.4. The van der Waals surface area contributed by atoms with E-state index in [0.717, 1.165) is 19.4 Å². The fraction of sp³-hybridized carbons (Fsp3) is 0.929. The van der Waals surface area contributed by atoms with Crippen molar-refractivity contribution < 1.29 is 9.53 Å². The first-order valence-electron chi connectivity index (χ1n) is 7.23. The van der Waals surface area contributed by atoms with E-state index in [1.807, 2.05) is 6.92 Å². The van der Waals surface area contributed by atoms with E-state index >= 15 is 0 Å². The van der Waals surface area contributed by atoms with Gasteiger partial charge in [-0.25, -0.2) is 0 Å². The van der Waals surface area contributed by atoms with Crippen molar-refractivity contribution in [3.05, 3.63) is 0 Å². The number of ether oxygens (including phenoxy) is 1. The number of hydrogen-bond acceptors (Lipinski definition) is 4. The van der Waals surface area contributed by atoms with Crippen molar-refractivity contribution in [1.82, 2.24) is 10.2 Å². The predicted molar refractivity (Wildman–Crippen MR) is 79.1 cm³/mol. The maximum atomic E-state index is 12.0. The summed E-state index contributed by atoms with van der Waals surface area (Å²) in [5.74, 6) is 0.0334. The molecule has 0 spiro atoms. The number of carbonyl (C=O) groups excluding carboxylic acids is 1. The Bertz CT molecular complexity index is 247. The minimum absolute atomic E-state index is 0.0334. The second-order valence-electron chi connectivity index (χ2n) is 5.07. The van der Waals surface area contributed by atoms with Crippen LogP contribution in [0.5, 0.6) is 0 Å². The summed E-state index contributed by atoms with van der Waals surface area (Å²) in [6, 6.07) is 0.0340. The number of hydrogen-bond donors (Lipinski definition) is 2. The lowest BCUT2D eigenvalue weighted by molar-refractivity contribution is -0.124. The lowest BCUT2D eigenvalue weighted by Crippen LogP contribution is -2.56. The highest BCUT2D eigenvalue weighted by Crippen LogP contribution is 2.22. The Balaban J connectivity index is 4.58. The second kappa shape index (κ2) is 9.28. The summed E-state index contributed by atoms with van der Waals surface area (Å²) >= 11 is 0. The van der Waals surface area contributed by atoms with E-state index in [9.17, 15) is 4.79 Å². The van der Waals surface area contributed by atoms with Crippen molar-refractivity contribution >= 4 is 5.91 Å². The summed E-state index contributed by atoms with van der Waals surface area (Å²) in [4.78, 5) is 14.2.